The first kappa shape index (κ1) is 10.6. The molecule has 0 aromatic rings. The zero-order valence-electron chi connectivity index (χ0n) is 7.72. The standard InChI is InChI=1S/C9H17NO3/c11-6-8-1-3-10(4-2-8)5-9(13)7-12/h6,8-9,12-13H,1-5,7H2. The van der Waals surface area contributed by atoms with Gasteiger partial charge < -0.3 is 19.9 Å². The molecule has 0 bridgehead atoms. The van der Waals surface area contributed by atoms with Crippen molar-refractivity contribution in [2.75, 3.05) is 26.2 Å². The molecule has 0 saturated carbocycles. The van der Waals surface area contributed by atoms with E-state index >= 15 is 0 Å². The van der Waals surface area contributed by atoms with E-state index in [4.69, 9.17) is 5.11 Å². The van der Waals surface area contributed by atoms with Gasteiger partial charge in [-0.3, -0.25) is 0 Å². The molecule has 1 aliphatic heterocycles. The topological polar surface area (TPSA) is 60.8 Å². The average molecular weight is 187 g/mol. The fraction of sp³-hybridized carbons (Fsp3) is 0.889. The predicted molar refractivity (Wildman–Crippen MR) is 48.3 cm³/mol. The lowest BCUT2D eigenvalue weighted by atomic mass is 9.98. The Hall–Kier alpha value is -0.450. The molecule has 4 heteroatoms. The summed E-state index contributed by atoms with van der Waals surface area (Å²) in [5, 5.41) is 17.8. The Morgan fingerprint density at radius 2 is 2.08 bits per heavy atom. The number of piperidine rings is 1. The molecule has 2 N–H and O–H groups in total. The molecule has 1 aliphatic rings. The first-order valence-electron chi connectivity index (χ1n) is 4.73. The molecule has 13 heavy (non-hydrogen) atoms. The smallest absolute Gasteiger partial charge is 0.123 e. The molecule has 4 nitrogen and oxygen atoms in total. The number of β-amino-alcohol motifs (C(OH)–C–C–N with tert-alkyl or cyclic N) is 1. The van der Waals surface area contributed by atoms with Crippen LogP contribution in [-0.4, -0.2) is 53.7 Å². The molecule has 0 aliphatic carbocycles. The summed E-state index contributed by atoms with van der Waals surface area (Å²) < 4.78 is 0. The van der Waals surface area contributed by atoms with Crippen molar-refractivity contribution in [1.82, 2.24) is 4.90 Å². The van der Waals surface area contributed by atoms with Crippen molar-refractivity contribution in [3.8, 4) is 0 Å². The number of likely N-dealkylation sites (tertiary alicyclic amines) is 1. The second kappa shape index (κ2) is 5.32. The fourth-order valence-corrected chi connectivity index (χ4v) is 1.63. The van der Waals surface area contributed by atoms with Gasteiger partial charge in [0.25, 0.3) is 0 Å². The number of hydrogen-bond acceptors (Lipinski definition) is 4. The number of hydrogen-bond donors (Lipinski definition) is 2. The van der Waals surface area contributed by atoms with Crippen LogP contribution in [0.4, 0.5) is 0 Å². The van der Waals surface area contributed by atoms with Crippen LogP contribution in [0.5, 0.6) is 0 Å². The minimum absolute atomic E-state index is 0.187. The molecular formula is C9H17NO3. The SMILES string of the molecule is O=CC1CCN(CC(O)CO)CC1. The Balaban J connectivity index is 2.20. The summed E-state index contributed by atoms with van der Waals surface area (Å²) in [6.45, 7) is 2.02. The molecule has 1 atom stereocenters. The average Bonchev–Trinajstić information content (AvgIpc) is 2.19. The highest BCUT2D eigenvalue weighted by Crippen LogP contribution is 2.14. The van der Waals surface area contributed by atoms with Gasteiger partial charge in [0.2, 0.25) is 0 Å². The molecule has 0 spiro atoms. The van der Waals surface area contributed by atoms with Gasteiger partial charge in [-0.2, -0.15) is 0 Å². The Labute approximate surface area is 78.2 Å². The van der Waals surface area contributed by atoms with Crippen LogP contribution in [-0.2, 0) is 4.79 Å². The van der Waals surface area contributed by atoms with Gasteiger partial charge in [-0.05, 0) is 25.9 Å². The van der Waals surface area contributed by atoms with Crippen molar-refractivity contribution in [3.63, 3.8) is 0 Å². The van der Waals surface area contributed by atoms with Crippen molar-refractivity contribution < 1.29 is 15.0 Å². The van der Waals surface area contributed by atoms with Crippen LogP contribution in [0, 0.1) is 5.92 Å². The lowest BCUT2D eigenvalue weighted by molar-refractivity contribution is -0.112. The molecular weight excluding hydrogens is 170 g/mol. The quantitative estimate of drug-likeness (QED) is 0.569. The van der Waals surface area contributed by atoms with Crippen molar-refractivity contribution in [1.29, 1.82) is 0 Å². The maximum atomic E-state index is 10.4. The van der Waals surface area contributed by atoms with Crippen LogP contribution in [0.2, 0.25) is 0 Å². The first-order chi connectivity index (χ1) is 6.26. The number of aliphatic hydroxyl groups excluding tert-OH is 2. The summed E-state index contributed by atoms with van der Waals surface area (Å²) in [4.78, 5) is 12.5. The molecule has 1 unspecified atom stereocenters. The van der Waals surface area contributed by atoms with E-state index in [2.05, 4.69) is 4.90 Å². The minimum Gasteiger partial charge on any atom is -0.394 e. The molecule has 1 fully saturated rings. The van der Waals surface area contributed by atoms with Crippen LogP contribution >= 0.6 is 0 Å². The maximum Gasteiger partial charge on any atom is 0.123 e. The molecule has 0 amide bonds. The Kier molecular flexibility index (Phi) is 4.35. The van der Waals surface area contributed by atoms with E-state index in [0.717, 1.165) is 32.2 Å². The zero-order chi connectivity index (χ0) is 9.68. The van der Waals surface area contributed by atoms with E-state index < -0.39 is 6.10 Å². The van der Waals surface area contributed by atoms with E-state index in [1.807, 2.05) is 0 Å². The number of carbonyl (C=O) groups is 1. The highest BCUT2D eigenvalue weighted by Gasteiger charge is 2.19. The molecule has 1 heterocycles. The molecule has 0 aromatic heterocycles. The highest BCUT2D eigenvalue weighted by molar-refractivity contribution is 5.53. The predicted octanol–water partition coefficient (Wildman–Crippen LogP) is -0.750. The summed E-state index contributed by atoms with van der Waals surface area (Å²) >= 11 is 0. The van der Waals surface area contributed by atoms with E-state index in [0.29, 0.717) is 6.54 Å². The van der Waals surface area contributed by atoms with Gasteiger partial charge in [-0.1, -0.05) is 0 Å². The molecule has 0 aromatic carbocycles. The second-order valence-electron chi connectivity index (χ2n) is 3.61. The first-order valence-corrected chi connectivity index (χ1v) is 4.73. The van der Waals surface area contributed by atoms with Gasteiger partial charge >= 0.3 is 0 Å². The van der Waals surface area contributed by atoms with E-state index in [-0.39, 0.29) is 12.5 Å². The van der Waals surface area contributed by atoms with E-state index in [9.17, 15) is 9.90 Å². The summed E-state index contributed by atoms with van der Waals surface area (Å²) in [5.41, 5.74) is 0. The Morgan fingerprint density at radius 3 is 2.54 bits per heavy atom. The summed E-state index contributed by atoms with van der Waals surface area (Å²) in [5.74, 6) is 0.197. The normalized spacial score (nSPS) is 22.9. The van der Waals surface area contributed by atoms with Crippen LogP contribution in [0.3, 0.4) is 0 Å². The van der Waals surface area contributed by atoms with Crippen molar-refractivity contribution in [2.24, 2.45) is 5.92 Å². The van der Waals surface area contributed by atoms with Crippen LogP contribution in [0.1, 0.15) is 12.8 Å². The number of carbonyl (C=O) groups excluding carboxylic acids is 1. The lowest BCUT2D eigenvalue weighted by Crippen LogP contribution is -2.40. The number of nitrogens with zero attached hydrogens (tertiary/aromatic N) is 1. The third-order valence-electron chi connectivity index (χ3n) is 2.50. The Morgan fingerprint density at radius 1 is 1.46 bits per heavy atom. The van der Waals surface area contributed by atoms with Gasteiger partial charge in [0.05, 0.1) is 12.7 Å². The van der Waals surface area contributed by atoms with E-state index in [1.54, 1.807) is 0 Å². The van der Waals surface area contributed by atoms with Crippen molar-refractivity contribution >= 4 is 6.29 Å². The van der Waals surface area contributed by atoms with Crippen LogP contribution < -0.4 is 0 Å². The number of aldehydes is 1. The largest absolute Gasteiger partial charge is 0.394 e. The highest BCUT2D eigenvalue weighted by atomic mass is 16.3. The molecule has 0 radical (unpaired) electrons. The molecule has 1 rings (SSSR count). The molecule has 1 saturated heterocycles. The Bertz CT molecular complexity index is 155. The summed E-state index contributed by atoms with van der Waals surface area (Å²) in [6, 6.07) is 0. The third-order valence-corrected chi connectivity index (χ3v) is 2.50. The van der Waals surface area contributed by atoms with E-state index in [1.165, 1.54) is 0 Å². The molecule has 76 valence electrons. The van der Waals surface area contributed by atoms with Gasteiger partial charge in [-0.15, -0.1) is 0 Å². The van der Waals surface area contributed by atoms with Gasteiger partial charge in [-0.25, -0.2) is 0 Å². The third kappa shape index (κ3) is 3.42. The van der Waals surface area contributed by atoms with Crippen molar-refractivity contribution in [3.05, 3.63) is 0 Å². The zero-order valence-corrected chi connectivity index (χ0v) is 7.72. The second-order valence-corrected chi connectivity index (χ2v) is 3.61. The summed E-state index contributed by atoms with van der Waals surface area (Å²) in [6.07, 6.45) is 2.12. The summed E-state index contributed by atoms with van der Waals surface area (Å²) in [7, 11) is 0. The number of rotatable bonds is 4. The maximum absolute atomic E-state index is 10.4. The fourth-order valence-electron chi connectivity index (χ4n) is 1.63. The lowest BCUT2D eigenvalue weighted by Gasteiger charge is -2.30. The van der Waals surface area contributed by atoms with Crippen LogP contribution in [0.25, 0.3) is 0 Å². The van der Waals surface area contributed by atoms with Gasteiger partial charge in [0, 0.05) is 12.5 Å². The monoisotopic (exact) mass is 187 g/mol. The minimum atomic E-state index is -0.646. The van der Waals surface area contributed by atoms with Crippen molar-refractivity contribution in [2.45, 2.75) is 18.9 Å². The van der Waals surface area contributed by atoms with Gasteiger partial charge in [0.15, 0.2) is 0 Å². The van der Waals surface area contributed by atoms with Crippen LogP contribution in [0.15, 0.2) is 0 Å². The van der Waals surface area contributed by atoms with Gasteiger partial charge in [0.1, 0.15) is 6.29 Å². The number of aliphatic hydroxyl groups is 2.